The third-order valence-electron chi connectivity index (χ3n) is 1.50. The molecular weight excluding hydrogens is 178 g/mol. The molecule has 0 fully saturated rings. The molecular formula is C8H10ClNO2. The number of rotatable bonds is 1. The summed E-state index contributed by atoms with van der Waals surface area (Å²) in [5.41, 5.74) is 4.38. The van der Waals surface area contributed by atoms with Gasteiger partial charge in [-0.05, 0) is 13.0 Å². The number of quaternary nitrogens is 1. The van der Waals surface area contributed by atoms with Gasteiger partial charge in [-0.15, -0.1) is 0 Å². The first-order valence-corrected chi connectivity index (χ1v) is 3.28. The van der Waals surface area contributed by atoms with Crippen molar-refractivity contribution >= 4 is 11.5 Å². The van der Waals surface area contributed by atoms with E-state index >= 15 is 0 Å². The van der Waals surface area contributed by atoms with Crippen molar-refractivity contribution in [3.05, 3.63) is 23.8 Å². The minimum absolute atomic E-state index is 0. The average Bonchev–Trinajstić information content (AvgIpc) is 1.94. The predicted octanol–water partition coefficient (Wildman–Crippen LogP) is -2.53. The highest BCUT2D eigenvalue weighted by Crippen LogP contribution is 2.22. The van der Waals surface area contributed by atoms with Crippen LogP contribution in [0, 0.1) is 0 Å². The molecule has 0 atom stereocenters. The highest BCUT2D eigenvalue weighted by atomic mass is 35.5. The molecule has 4 heteroatoms. The lowest BCUT2D eigenvalue weighted by atomic mass is 10.1. The van der Waals surface area contributed by atoms with E-state index in [0.717, 1.165) is 0 Å². The number of hydrogen-bond acceptors (Lipinski definition) is 2. The molecule has 3 nitrogen and oxygen atoms in total. The highest BCUT2D eigenvalue weighted by Gasteiger charge is 2.09. The van der Waals surface area contributed by atoms with Crippen molar-refractivity contribution in [1.29, 1.82) is 0 Å². The van der Waals surface area contributed by atoms with E-state index in [9.17, 15) is 9.90 Å². The lowest BCUT2D eigenvalue weighted by Crippen LogP contribution is -3.00. The molecule has 0 bridgehead atoms. The summed E-state index contributed by atoms with van der Waals surface area (Å²) >= 11 is 0. The van der Waals surface area contributed by atoms with E-state index in [0.29, 0.717) is 11.3 Å². The lowest BCUT2D eigenvalue weighted by molar-refractivity contribution is -0.256. The molecule has 0 saturated carbocycles. The van der Waals surface area contributed by atoms with Crippen molar-refractivity contribution in [2.24, 2.45) is 0 Å². The Balaban J connectivity index is 0.00000121. The second-order valence-electron chi connectivity index (χ2n) is 2.37. The molecule has 0 saturated heterocycles. The molecule has 0 radical (unpaired) electrons. The van der Waals surface area contributed by atoms with Crippen LogP contribution in [-0.2, 0) is 0 Å². The predicted molar refractivity (Wildman–Crippen MR) is 40.7 cm³/mol. The van der Waals surface area contributed by atoms with Crippen LogP contribution in [0.4, 0.5) is 5.69 Å². The largest absolute Gasteiger partial charge is 1.00 e. The van der Waals surface area contributed by atoms with Crippen LogP contribution in [-0.4, -0.2) is 10.9 Å². The van der Waals surface area contributed by atoms with Crippen LogP contribution in [0.3, 0.4) is 0 Å². The van der Waals surface area contributed by atoms with E-state index in [2.05, 4.69) is 5.73 Å². The number of ketones is 1. The van der Waals surface area contributed by atoms with Gasteiger partial charge in [0, 0.05) is 6.07 Å². The molecule has 0 aromatic heterocycles. The second kappa shape index (κ2) is 4.09. The first-order chi connectivity index (χ1) is 5.13. The minimum Gasteiger partial charge on any atom is -1.00 e. The quantitative estimate of drug-likeness (QED) is 0.477. The summed E-state index contributed by atoms with van der Waals surface area (Å²) in [5.74, 6) is -0.159. The Kier molecular flexibility index (Phi) is 3.73. The molecule has 1 aromatic carbocycles. The number of hydrogen-bond donors (Lipinski definition) is 2. The fourth-order valence-corrected chi connectivity index (χ4v) is 0.875. The number of aromatic hydroxyl groups is 1. The highest BCUT2D eigenvalue weighted by molar-refractivity contribution is 5.97. The molecule has 66 valence electrons. The van der Waals surface area contributed by atoms with Gasteiger partial charge in [0.15, 0.2) is 17.2 Å². The van der Waals surface area contributed by atoms with E-state index in [4.69, 9.17) is 0 Å². The summed E-state index contributed by atoms with van der Waals surface area (Å²) in [4.78, 5) is 10.8. The number of para-hydroxylation sites is 1. The number of carbonyl (C=O) groups is 1. The third-order valence-corrected chi connectivity index (χ3v) is 1.50. The lowest BCUT2D eigenvalue weighted by Gasteiger charge is -1.98. The smallest absolute Gasteiger partial charge is 0.187 e. The molecule has 0 heterocycles. The van der Waals surface area contributed by atoms with Crippen molar-refractivity contribution in [2.75, 3.05) is 0 Å². The Labute approximate surface area is 76.6 Å². The van der Waals surface area contributed by atoms with Crippen LogP contribution < -0.4 is 18.1 Å². The normalized spacial score (nSPS) is 8.83. The van der Waals surface area contributed by atoms with E-state index in [1.165, 1.54) is 6.92 Å². The molecule has 0 aliphatic heterocycles. The van der Waals surface area contributed by atoms with Crippen LogP contribution in [0.1, 0.15) is 17.3 Å². The van der Waals surface area contributed by atoms with E-state index in [-0.39, 0.29) is 23.9 Å². The molecule has 0 amide bonds. The summed E-state index contributed by atoms with van der Waals surface area (Å²) in [6, 6.07) is 4.92. The molecule has 0 unspecified atom stereocenters. The molecule has 12 heavy (non-hydrogen) atoms. The van der Waals surface area contributed by atoms with Gasteiger partial charge in [0.1, 0.15) is 0 Å². The van der Waals surface area contributed by atoms with Crippen LogP contribution >= 0.6 is 0 Å². The monoisotopic (exact) mass is 187 g/mol. The van der Waals surface area contributed by atoms with Crippen LogP contribution in [0.15, 0.2) is 18.2 Å². The number of carbonyl (C=O) groups excluding carboxylic acids is 1. The van der Waals surface area contributed by atoms with E-state index in [1.54, 1.807) is 18.2 Å². The molecule has 0 aliphatic carbocycles. The fraction of sp³-hybridized carbons (Fsp3) is 0.125. The molecule has 0 spiro atoms. The topological polar surface area (TPSA) is 64.9 Å². The number of phenols is 1. The van der Waals surface area contributed by atoms with Crippen molar-refractivity contribution in [1.82, 2.24) is 0 Å². The molecule has 4 N–H and O–H groups in total. The first-order valence-electron chi connectivity index (χ1n) is 3.28. The van der Waals surface area contributed by atoms with Gasteiger partial charge in [-0.3, -0.25) is 4.79 Å². The summed E-state index contributed by atoms with van der Waals surface area (Å²) in [6.07, 6.45) is 0. The third kappa shape index (κ3) is 1.96. The first kappa shape index (κ1) is 10.9. The second-order valence-corrected chi connectivity index (χ2v) is 2.37. The average molecular weight is 188 g/mol. The minimum atomic E-state index is -0.145. The van der Waals surface area contributed by atoms with Gasteiger partial charge >= 0.3 is 0 Å². The van der Waals surface area contributed by atoms with Gasteiger partial charge < -0.3 is 23.2 Å². The molecule has 1 rings (SSSR count). The van der Waals surface area contributed by atoms with Crippen molar-refractivity contribution < 1.29 is 28.0 Å². The maximum absolute atomic E-state index is 10.8. The van der Waals surface area contributed by atoms with E-state index in [1.807, 2.05) is 0 Å². The molecule has 0 aliphatic rings. The number of Topliss-reactive ketones (excluding diaryl/α,β-unsaturated/α-hetero) is 1. The van der Waals surface area contributed by atoms with Crippen molar-refractivity contribution in [3.63, 3.8) is 0 Å². The number of phenolic OH excluding ortho intramolecular Hbond substituents is 1. The zero-order valence-electron chi connectivity index (χ0n) is 6.67. The Morgan fingerprint density at radius 3 is 2.50 bits per heavy atom. The van der Waals surface area contributed by atoms with Gasteiger partial charge in [0.05, 0.1) is 5.56 Å². The number of halogens is 1. The zero-order valence-corrected chi connectivity index (χ0v) is 7.43. The summed E-state index contributed by atoms with van der Waals surface area (Å²) in [6.45, 7) is 1.41. The Bertz CT molecular complexity index is 299. The van der Waals surface area contributed by atoms with Gasteiger partial charge in [0.2, 0.25) is 0 Å². The van der Waals surface area contributed by atoms with E-state index < -0.39 is 0 Å². The summed E-state index contributed by atoms with van der Waals surface area (Å²) in [5, 5.41) is 9.28. The number of benzene rings is 1. The fourth-order valence-electron chi connectivity index (χ4n) is 0.875. The van der Waals surface area contributed by atoms with Gasteiger partial charge in [-0.25, -0.2) is 0 Å². The summed E-state index contributed by atoms with van der Waals surface area (Å²) < 4.78 is 0. The van der Waals surface area contributed by atoms with Crippen LogP contribution in [0.5, 0.6) is 5.75 Å². The summed E-state index contributed by atoms with van der Waals surface area (Å²) in [7, 11) is 0. The maximum Gasteiger partial charge on any atom is 0.187 e. The Morgan fingerprint density at radius 1 is 1.50 bits per heavy atom. The molecule has 1 aromatic rings. The van der Waals surface area contributed by atoms with Crippen molar-refractivity contribution in [2.45, 2.75) is 6.92 Å². The maximum atomic E-state index is 10.8. The van der Waals surface area contributed by atoms with Crippen molar-refractivity contribution in [3.8, 4) is 5.75 Å². The van der Waals surface area contributed by atoms with Gasteiger partial charge in [0.25, 0.3) is 0 Å². The zero-order chi connectivity index (χ0) is 8.43. The standard InChI is InChI=1S/C8H9NO2.ClH/c1-5(10)6-3-2-4-7(9)8(6)11;/h2-4,11H,9H2,1H3;1H. The van der Waals surface area contributed by atoms with Crippen LogP contribution in [0.2, 0.25) is 0 Å². The SMILES string of the molecule is CC(=O)c1cccc([NH3+])c1O.[Cl-]. The van der Waals surface area contributed by atoms with Gasteiger partial charge in [-0.2, -0.15) is 0 Å². The Hall–Kier alpha value is -1.06. The van der Waals surface area contributed by atoms with Crippen LogP contribution in [0.25, 0.3) is 0 Å². The Morgan fingerprint density at radius 2 is 2.08 bits per heavy atom. The van der Waals surface area contributed by atoms with Gasteiger partial charge in [-0.1, -0.05) is 6.07 Å².